The highest BCUT2D eigenvalue weighted by atomic mass is 32.2. The Hall–Kier alpha value is -3.01. The van der Waals surface area contributed by atoms with E-state index in [1.807, 2.05) is 49.9 Å². The number of likely N-dealkylation sites (tertiary alicyclic amines) is 1. The molecule has 3 saturated heterocycles. The highest BCUT2D eigenvalue weighted by Gasteiger charge is 2.33. The Morgan fingerprint density at radius 1 is 1.00 bits per heavy atom. The van der Waals surface area contributed by atoms with Crippen molar-refractivity contribution in [2.45, 2.75) is 39.2 Å². The van der Waals surface area contributed by atoms with Gasteiger partial charge in [-0.05, 0) is 63.1 Å². The van der Waals surface area contributed by atoms with Gasteiger partial charge in [0.15, 0.2) is 0 Å². The van der Waals surface area contributed by atoms with Crippen LogP contribution in [-0.2, 0) is 14.3 Å². The van der Waals surface area contributed by atoms with Gasteiger partial charge in [-0.2, -0.15) is 0 Å². The zero-order chi connectivity index (χ0) is 25.2. The maximum atomic E-state index is 13.1. The highest BCUT2D eigenvalue weighted by Crippen LogP contribution is 2.30. The van der Waals surface area contributed by atoms with E-state index < -0.39 is 5.60 Å². The average molecular weight is 501 g/mol. The predicted molar refractivity (Wildman–Crippen MR) is 135 cm³/mol. The monoisotopic (exact) mass is 500 g/mol. The fourth-order valence-electron chi connectivity index (χ4n) is 4.52. The SMILES string of the molecule is CC(C)(C)OC(=O)N1CCC(C(=O)N2CCN(c3ccccc3C=C3SC(=O)NC3=O)CC2)CC1. The van der Waals surface area contributed by atoms with Crippen LogP contribution in [0.15, 0.2) is 29.2 Å². The number of anilines is 1. The standard InChI is InChI=1S/C25H32N4O5S/c1-25(2,3)34-24(33)29-10-8-17(9-11-29)22(31)28-14-12-27(13-15-28)19-7-5-4-6-18(19)16-20-21(30)26-23(32)35-20/h4-7,16-17H,8-15H2,1-3H3,(H,26,30,32). The van der Waals surface area contributed by atoms with Gasteiger partial charge in [-0.3, -0.25) is 19.7 Å². The van der Waals surface area contributed by atoms with Crippen LogP contribution in [0, 0.1) is 5.92 Å². The molecule has 3 fully saturated rings. The molecule has 188 valence electrons. The van der Waals surface area contributed by atoms with E-state index in [1.165, 1.54) is 0 Å². The van der Waals surface area contributed by atoms with Crippen LogP contribution in [0.2, 0.25) is 0 Å². The number of carbonyl (C=O) groups excluding carboxylic acids is 4. The molecule has 35 heavy (non-hydrogen) atoms. The number of imide groups is 1. The van der Waals surface area contributed by atoms with E-state index in [4.69, 9.17) is 4.74 Å². The van der Waals surface area contributed by atoms with Gasteiger partial charge in [0.25, 0.3) is 11.1 Å². The number of ether oxygens (including phenoxy) is 1. The minimum atomic E-state index is -0.529. The van der Waals surface area contributed by atoms with Gasteiger partial charge in [0, 0.05) is 50.9 Å². The molecular formula is C25H32N4O5S. The van der Waals surface area contributed by atoms with Crippen LogP contribution < -0.4 is 10.2 Å². The molecule has 0 radical (unpaired) electrons. The van der Waals surface area contributed by atoms with Gasteiger partial charge < -0.3 is 19.4 Å². The lowest BCUT2D eigenvalue weighted by Gasteiger charge is -2.39. The number of hydrogen-bond acceptors (Lipinski definition) is 7. The molecule has 3 heterocycles. The first-order valence-corrected chi connectivity index (χ1v) is 12.8. The van der Waals surface area contributed by atoms with Crippen LogP contribution >= 0.6 is 11.8 Å². The molecular weight excluding hydrogens is 468 g/mol. The summed E-state index contributed by atoms with van der Waals surface area (Å²) < 4.78 is 5.45. The molecule has 4 amide bonds. The van der Waals surface area contributed by atoms with E-state index in [1.54, 1.807) is 11.0 Å². The zero-order valence-corrected chi connectivity index (χ0v) is 21.2. The molecule has 4 rings (SSSR count). The first-order chi connectivity index (χ1) is 16.6. The van der Waals surface area contributed by atoms with Gasteiger partial charge in [-0.15, -0.1) is 0 Å². The van der Waals surface area contributed by atoms with Crippen LogP contribution in [0.4, 0.5) is 15.3 Å². The van der Waals surface area contributed by atoms with Crippen LogP contribution in [0.3, 0.4) is 0 Å². The topological polar surface area (TPSA) is 99.3 Å². The lowest BCUT2D eigenvalue weighted by atomic mass is 9.95. The summed E-state index contributed by atoms with van der Waals surface area (Å²) >= 11 is 0.906. The van der Waals surface area contributed by atoms with E-state index >= 15 is 0 Å². The normalized spacial score (nSPS) is 20.9. The van der Waals surface area contributed by atoms with Gasteiger partial charge in [0.1, 0.15) is 5.60 Å². The lowest BCUT2D eigenvalue weighted by Crippen LogP contribution is -2.52. The van der Waals surface area contributed by atoms with Crippen molar-refractivity contribution in [3.63, 3.8) is 0 Å². The molecule has 1 N–H and O–H groups in total. The number of thioether (sulfide) groups is 1. The summed E-state index contributed by atoms with van der Waals surface area (Å²) in [7, 11) is 0. The van der Waals surface area contributed by atoms with Crippen LogP contribution in [0.25, 0.3) is 6.08 Å². The number of nitrogens with zero attached hydrogens (tertiary/aromatic N) is 3. The number of amides is 4. The smallest absolute Gasteiger partial charge is 0.410 e. The summed E-state index contributed by atoms with van der Waals surface area (Å²) in [6, 6.07) is 7.77. The Balaban J connectivity index is 1.32. The Morgan fingerprint density at radius 3 is 2.26 bits per heavy atom. The number of piperazine rings is 1. The number of rotatable bonds is 3. The molecule has 0 saturated carbocycles. The molecule has 1 aromatic rings. The highest BCUT2D eigenvalue weighted by molar-refractivity contribution is 8.18. The van der Waals surface area contributed by atoms with Crippen molar-refractivity contribution in [3.05, 3.63) is 34.7 Å². The van der Waals surface area contributed by atoms with Gasteiger partial charge in [0.2, 0.25) is 5.91 Å². The maximum Gasteiger partial charge on any atom is 0.410 e. The number of nitrogens with one attached hydrogen (secondary N) is 1. The number of hydrogen-bond donors (Lipinski definition) is 1. The van der Waals surface area contributed by atoms with Gasteiger partial charge in [-0.1, -0.05) is 18.2 Å². The minimum Gasteiger partial charge on any atom is -0.444 e. The second-order valence-electron chi connectivity index (χ2n) is 9.97. The molecule has 0 atom stereocenters. The van der Waals surface area contributed by atoms with Gasteiger partial charge in [0.05, 0.1) is 4.91 Å². The molecule has 3 aliphatic rings. The fourth-order valence-corrected chi connectivity index (χ4v) is 5.19. The van der Waals surface area contributed by atoms with Crippen molar-refractivity contribution in [1.82, 2.24) is 15.1 Å². The van der Waals surface area contributed by atoms with E-state index in [2.05, 4.69) is 10.2 Å². The number of para-hydroxylation sites is 1. The lowest BCUT2D eigenvalue weighted by molar-refractivity contribution is -0.137. The molecule has 0 aliphatic carbocycles. The summed E-state index contributed by atoms with van der Waals surface area (Å²) in [6.45, 7) is 9.20. The van der Waals surface area contributed by atoms with E-state index in [-0.39, 0.29) is 29.1 Å². The van der Waals surface area contributed by atoms with Crippen molar-refractivity contribution >= 4 is 46.7 Å². The number of piperidine rings is 1. The number of carbonyl (C=O) groups is 4. The Morgan fingerprint density at radius 2 is 1.66 bits per heavy atom. The molecule has 0 bridgehead atoms. The largest absolute Gasteiger partial charge is 0.444 e. The molecule has 0 unspecified atom stereocenters. The van der Waals surface area contributed by atoms with Crippen LogP contribution in [0.1, 0.15) is 39.2 Å². The van der Waals surface area contributed by atoms with Crippen LogP contribution in [-0.4, -0.2) is 77.8 Å². The fraction of sp³-hybridized carbons (Fsp3) is 0.520. The maximum absolute atomic E-state index is 13.1. The number of benzene rings is 1. The van der Waals surface area contributed by atoms with Crippen molar-refractivity contribution in [2.24, 2.45) is 5.92 Å². The molecule has 0 aromatic heterocycles. The summed E-state index contributed by atoms with van der Waals surface area (Å²) in [5.74, 6) is -0.294. The summed E-state index contributed by atoms with van der Waals surface area (Å²) in [5.41, 5.74) is 1.32. The second kappa shape index (κ2) is 10.3. The third-order valence-electron chi connectivity index (χ3n) is 6.29. The average Bonchev–Trinajstić information content (AvgIpc) is 3.14. The van der Waals surface area contributed by atoms with E-state index in [0.717, 1.165) is 23.0 Å². The minimum absolute atomic E-state index is 0.0762. The summed E-state index contributed by atoms with van der Waals surface area (Å²) in [6.07, 6.45) is 2.72. The molecule has 10 heteroatoms. The van der Waals surface area contributed by atoms with Crippen molar-refractivity contribution in [3.8, 4) is 0 Å². The Kier molecular flexibility index (Phi) is 7.39. The first kappa shape index (κ1) is 25.1. The Bertz CT molecular complexity index is 1030. The molecule has 1 aromatic carbocycles. The molecule has 0 spiro atoms. The quantitative estimate of drug-likeness (QED) is 0.636. The zero-order valence-electron chi connectivity index (χ0n) is 20.4. The summed E-state index contributed by atoms with van der Waals surface area (Å²) in [5, 5.41) is 1.93. The van der Waals surface area contributed by atoms with Crippen molar-refractivity contribution < 1.29 is 23.9 Å². The van der Waals surface area contributed by atoms with Gasteiger partial charge >= 0.3 is 6.09 Å². The second-order valence-corrected chi connectivity index (χ2v) is 11.0. The van der Waals surface area contributed by atoms with E-state index in [9.17, 15) is 19.2 Å². The van der Waals surface area contributed by atoms with Crippen LogP contribution in [0.5, 0.6) is 0 Å². The third-order valence-corrected chi connectivity index (χ3v) is 7.10. The molecule has 3 aliphatic heterocycles. The first-order valence-electron chi connectivity index (χ1n) is 12.0. The predicted octanol–water partition coefficient (Wildman–Crippen LogP) is 3.31. The van der Waals surface area contributed by atoms with Crippen molar-refractivity contribution in [2.75, 3.05) is 44.2 Å². The molecule has 9 nitrogen and oxygen atoms in total. The van der Waals surface area contributed by atoms with Crippen molar-refractivity contribution in [1.29, 1.82) is 0 Å². The third kappa shape index (κ3) is 6.17. The summed E-state index contributed by atoms with van der Waals surface area (Å²) in [4.78, 5) is 55.1. The van der Waals surface area contributed by atoms with E-state index in [0.29, 0.717) is 57.0 Å². The van der Waals surface area contributed by atoms with Gasteiger partial charge in [-0.25, -0.2) is 4.79 Å². The Labute approximate surface area is 209 Å².